The first-order valence-corrected chi connectivity index (χ1v) is 9.57. The monoisotopic (exact) mass is 379 g/mol. The number of benzene rings is 2. The summed E-state index contributed by atoms with van der Waals surface area (Å²) in [5.41, 5.74) is 2.33. The van der Waals surface area contributed by atoms with Crippen LogP contribution in [0.25, 0.3) is 0 Å². The number of carbonyl (C=O) groups excluding carboxylic acids is 3. The van der Waals surface area contributed by atoms with E-state index < -0.39 is 6.04 Å². The fourth-order valence-corrected chi connectivity index (χ4v) is 3.27. The number of nitrogens with one attached hydrogen (secondary N) is 2. The lowest BCUT2D eigenvalue weighted by Gasteiger charge is -2.23. The quantitative estimate of drug-likeness (QED) is 0.775. The number of hydrogen-bond acceptors (Lipinski definition) is 3. The van der Waals surface area contributed by atoms with Crippen LogP contribution in [0.5, 0.6) is 0 Å². The van der Waals surface area contributed by atoms with Gasteiger partial charge >= 0.3 is 0 Å². The van der Waals surface area contributed by atoms with Crippen LogP contribution in [0.2, 0.25) is 0 Å². The number of nitrogens with zero attached hydrogens (tertiary/aromatic N) is 1. The Morgan fingerprint density at radius 1 is 1.04 bits per heavy atom. The Balaban J connectivity index is 1.53. The predicted octanol–water partition coefficient (Wildman–Crippen LogP) is 3.21. The minimum atomic E-state index is -0.515. The van der Waals surface area contributed by atoms with E-state index in [0.29, 0.717) is 37.2 Å². The van der Waals surface area contributed by atoms with Gasteiger partial charge in [-0.1, -0.05) is 36.4 Å². The summed E-state index contributed by atoms with van der Waals surface area (Å²) in [5, 5.41) is 5.69. The van der Waals surface area contributed by atoms with E-state index in [1.807, 2.05) is 30.3 Å². The van der Waals surface area contributed by atoms with Crippen molar-refractivity contribution in [1.29, 1.82) is 0 Å². The van der Waals surface area contributed by atoms with Gasteiger partial charge in [0.1, 0.15) is 6.04 Å². The molecule has 3 amide bonds. The summed E-state index contributed by atoms with van der Waals surface area (Å²) in [7, 11) is 0. The molecule has 1 fully saturated rings. The molecule has 0 saturated carbocycles. The summed E-state index contributed by atoms with van der Waals surface area (Å²) in [4.78, 5) is 38.1. The van der Waals surface area contributed by atoms with E-state index in [0.717, 1.165) is 12.0 Å². The van der Waals surface area contributed by atoms with Gasteiger partial charge in [0.2, 0.25) is 17.7 Å². The lowest BCUT2D eigenvalue weighted by molar-refractivity contribution is -0.134. The maximum Gasteiger partial charge on any atom is 0.246 e. The van der Waals surface area contributed by atoms with Gasteiger partial charge in [0.05, 0.1) is 0 Å². The molecule has 1 heterocycles. The minimum absolute atomic E-state index is 0.0158. The molecule has 0 bridgehead atoms. The molecule has 28 heavy (non-hydrogen) atoms. The van der Waals surface area contributed by atoms with Crippen LogP contribution in [0.1, 0.15) is 31.7 Å². The second-order valence-corrected chi connectivity index (χ2v) is 6.97. The third-order valence-corrected chi connectivity index (χ3v) is 4.85. The molecule has 1 aliphatic rings. The second-order valence-electron chi connectivity index (χ2n) is 6.97. The Morgan fingerprint density at radius 3 is 2.43 bits per heavy atom. The molecule has 0 radical (unpaired) electrons. The van der Waals surface area contributed by atoms with Gasteiger partial charge in [-0.25, -0.2) is 0 Å². The Morgan fingerprint density at radius 2 is 1.75 bits per heavy atom. The van der Waals surface area contributed by atoms with Crippen LogP contribution in [0.4, 0.5) is 11.4 Å². The fourth-order valence-electron chi connectivity index (χ4n) is 3.27. The highest BCUT2D eigenvalue weighted by molar-refractivity contribution is 5.98. The van der Waals surface area contributed by atoms with Gasteiger partial charge < -0.3 is 15.5 Å². The van der Waals surface area contributed by atoms with Crippen LogP contribution < -0.4 is 10.6 Å². The summed E-state index contributed by atoms with van der Waals surface area (Å²) in [6.07, 6.45) is 2.35. The maximum absolute atomic E-state index is 12.4. The molecule has 2 aromatic rings. The molecular weight excluding hydrogens is 354 g/mol. The van der Waals surface area contributed by atoms with Crippen LogP contribution in [0.3, 0.4) is 0 Å². The summed E-state index contributed by atoms with van der Waals surface area (Å²) >= 11 is 0. The van der Waals surface area contributed by atoms with Gasteiger partial charge in [-0.2, -0.15) is 0 Å². The van der Waals surface area contributed by atoms with Crippen molar-refractivity contribution in [2.24, 2.45) is 0 Å². The molecule has 1 atom stereocenters. The van der Waals surface area contributed by atoms with Crippen molar-refractivity contribution in [3.05, 3.63) is 60.2 Å². The number of aryl methyl sites for hydroxylation is 1. The van der Waals surface area contributed by atoms with Crippen molar-refractivity contribution in [3.63, 3.8) is 0 Å². The normalized spacial score (nSPS) is 14.6. The van der Waals surface area contributed by atoms with E-state index in [2.05, 4.69) is 10.6 Å². The Labute approximate surface area is 164 Å². The van der Waals surface area contributed by atoms with Crippen molar-refractivity contribution < 1.29 is 14.4 Å². The molecule has 2 aromatic carbocycles. The fraction of sp³-hybridized carbons (Fsp3) is 0.318. The maximum atomic E-state index is 12.4. The first-order valence-electron chi connectivity index (χ1n) is 9.57. The largest absolute Gasteiger partial charge is 0.331 e. The van der Waals surface area contributed by atoms with E-state index in [1.165, 1.54) is 0 Å². The van der Waals surface area contributed by atoms with Crippen molar-refractivity contribution >= 4 is 29.1 Å². The van der Waals surface area contributed by atoms with E-state index in [4.69, 9.17) is 0 Å². The van der Waals surface area contributed by atoms with Crippen LogP contribution in [0, 0.1) is 0 Å². The molecule has 6 nitrogen and oxygen atoms in total. The predicted molar refractivity (Wildman–Crippen MR) is 109 cm³/mol. The van der Waals surface area contributed by atoms with Gasteiger partial charge in [-0.15, -0.1) is 0 Å². The number of anilines is 2. The van der Waals surface area contributed by atoms with Gasteiger partial charge in [0.15, 0.2) is 0 Å². The van der Waals surface area contributed by atoms with Crippen LogP contribution in [0.15, 0.2) is 54.6 Å². The zero-order valence-electron chi connectivity index (χ0n) is 16.0. The molecule has 1 saturated heterocycles. The summed E-state index contributed by atoms with van der Waals surface area (Å²) < 4.78 is 0. The van der Waals surface area contributed by atoms with Crippen LogP contribution in [-0.4, -0.2) is 35.2 Å². The molecular formula is C22H25N3O3. The third-order valence-electron chi connectivity index (χ3n) is 4.85. The molecule has 0 spiro atoms. The zero-order valence-corrected chi connectivity index (χ0v) is 16.0. The average molecular weight is 379 g/mol. The van der Waals surface area contributed by atoms with Crippen molar-refractivity contribution in [2.45, 2.75) is 38.6 Å². The van der Waals surface area contributed by atoms with E-state index in [1.54, 1.807) is 36.1 Å². The summed E-state index contributed by atoms with van der Waals surface area (Å²) in [5.74, 6) is -0.298. The van der Waals surface area contributed by atoms with Gasteiger partial charge in [0.25, 0.3) is 0 Å². The van der Waals surface area contributed by atoms with Crippen molar-refractivity contribution in [2.75, 3.05) is 17.2 Å². The number of likely N-dealkylation sites (tertiary alicyclic amines) is 1. The van der Waals surface area contributed by atoms with Gasteiger partial charge in [0, 0.05) is 30.8 Å². The van der Waals surface area contributed by atoms with Crippen LogP contribution >= 0.6 is 0 Å². The third kappa shape index (κ3) is 5.19. The summed E-state index contributed by atoms with van der Waals surface area (Å²) in [6.45, 7) is 2.35. The van der Waals surface area contributed by atoms with E-state index in [-0.39, 0.29) is 17.7 Å². The van der Waals surface area contributed by atoms with Crippen molar-refractivity contribution in [1.82, 2.24) is 4.90 Å². The highest BCUT2D eigenvalue weighted by Gasteiger charge is 2.29. The smallest absolute Gasteiger partial charge is 0.246 e. The first-order chi connectivity index (χ1) is 13.5. The average Bonchev–Trinajstić information content (AvgIpc) is 3.12. The van der Waals surface area contributed by atoms with E-state index in [9.17, 15) is 14.4 Å². The number of hydrogen-bond donors (Lipinski definition) is 2. The zero-order chi connectivity index (χ0) is 19.9. The van der Waals surface area contributed by atoms with Crippen LogP contribution in [-0.2, 0) is 20.8 Å². The Bertz CT molecular complexity index is 851. The summed E-state index contributed by atoms with van der Waals surface area (Å²) in [6, 6.07) is 16.4. The van der Waals surface area contributed by atoms with Gasteiger partial charge in [-0.05, 0) is 43.5 Å². The Kier molecular flexibility index (Phi) is 6.42. The number of amides is 3. The van der Waals surface area contributed by atoms with E-state index >= 15 is 0 Å². The minimum Gasteiger partial charge on any atom is -0.331 e. The lowest BCUT2D eigenvalue weighted by Crippen LogP contribution is -2.42. The lowest BCUT2D eigenvalue weighted by atomic mass is 10.1. The number of carbonyl (C=O) groups is 3. The molecule has 6 heteroatoms. The standard InChI is InChI=1S/C22H25N3O3/c1-16(25-14-6-11-21(25)27)22(28)24-19-10-5-9-18(15-19)23-20(26)13-12-17-7-3-2-4-8-17/h2-5,7-10,15-16H,6,11-14H2,1H3,(H,23,26)(H,24,28)/t16-/m1/s1. The van der Waals surface area contributed by atoms with Crippen molar-refractivity contribution in [3.8, 4) is 0 Å². The topological polar surface area (TPSA) is 78.5 Å². The molecule has 2 N–H and O–H groups in total. The molecule has 146 valence electrons. The highest BCUT2D eigenvalue weighted by Crippen LogP contribution is 2.18. The molecule has 0 aliphatic carbocycles. The second kappa shape index (κ2) is 9.17. The first kappa shape index (κ1) is 19.6. The molecule has 3 rings (SSSR count). The molecule has 0 unspecified atom stereocenters. The number of rotatable bonds is 7. The van der Waals surface area contributed by atoms with Gasteiger partial charge in [-0.3, -0.25) is 14.4 Å². The molecule has 1 aliphatic heterocycles. The highest BCUT2D eigenvalue weighted by atomic mass is 16.2. The SMILES string of the molecule is C[C@H](C(=O)Nc1cccc(NC(=O)CCc2ccccc2)c1)N1CCCC1=O. The Hall–Kier alpha value is -3.15. The molecule has 0 aromatic heterocycles.